The number of fused-ring (bicyclic) bond motifs is 4. The van der Waals surface area contributed by atoms with Crippen molar-refractivity contribution in [1.29, 1.82) is 0 Å². The maximum absolute atomic E-state index is 5.40. The Bertz CT molecular complexity index is 3670. The first-order valence-corrected chi connectivity index (χ1v) is 26.8. The molecule has 0 N–H and O–H groups in total. The lowest BCUT2D eigenvalue weighted by atomic mass is 9.96. The Balaban J connectivity index is 1.06. The van der Waals surface area contributed by atoms with E-state index in [1.54, 1.807) is 23.5 Å². The lowest BCUT2D eigenvalue weighted by Gasteiger charge is -2.36. The molecule has 12 aromatic rings. The van der Waals surface area contributed by atoms with Crippen molar-refractivity contribution in [2.45, 2.75) is 19.6 Å². The van der Waals surface area contributed by atoms with E-state index in [4.69, 9.17) is 24.9 Å². The van der Waals surface area contributed by atoms with Gasteiger partial charge in [0.2, 0.25) is 0 Å². The van der Waals surface area contributed by atoms with E-state index in [-0.39, 0.29) is 0 Å². The number of nitrogens with zero attached hydrogens (tertiary/aromatic N) is 7. The summed E-state index contributed by atoms with van der Waals surface area (Å²) in [6, 6.07) is 91.3. The molecule has 0 radical (unpaired) electrons. The molecule has 0 saturated carbocycles. The minimum absolute atomic E-state index is 0.529. The first-order chi connectivity index (χ1) is 37.6. The maximum atomic E-state index is 5.40. The first kappa shape index (κ1) is 45.2. The molecule has 2 aliphatic rings. The fourth-order valence-corrected chi connectivity index (χ4v) is 12.2. The Labute approximate surface area is 449 Å². The lowest BCUT2D eigenvalue weighted by molar-refractivity contribution is 1.07. The SMILES string of the molecule is c1ccc(-c2cc(-c3ccccc3)nc(-c3cc(-c4cc(N5c6ccccc6Sc6ccccc65)cc(N5c6ccccc6Sc6ccccc65)c4)cc(-c4nc(-c5ccccc5)nc(-c5ccccc5)n4)c3)n2)cc1. The van der Waals surface area contributed by atoms with Crippen molar-refractivity contribution < 1.29 is 0 Å². The Hall–Kier alpha value is -9.41. The summed E-state index contributed by atoms with van der Waals surface area (Å²) in [4.78, 5) is 36.0. The van der Waals surface area contributed by atoms with E-state index < -0.39 is 0 Å². The van der Waals surface area contributed by atoms with E-state index in [1.807, 2.05) is 97.1 Å². The van der Waals surface area contributed by atoms with Crippen molar-refractivity contribution in [3.05, 3.63) is 261 Å². The van der Waals surface area contributed by atoms with Gasteiger partial charge in [0, 0.05) is 64.3 Å². The zero-order valence-corrected chi connectivity index (χ0v) is 42.4. The highest BCUT2D eigenvalue weighted by molar-refractivity contribution is 8.00. The molecule has 9 heteroatoms. The normalized spacial score (nSPS) is 12.3. The quantitative estimate of drug-likeness (QED) is 0.141. The third kappa shape index (κ3) is 8.57. The van der Waals surface area contributed by atoms with Crippen LogP contribution in [0.2, 0.25) is 0 Å². The lowest BCUT2D eigenvalue weighted by Crippen LogP contribution is -2.17. The minimum atomic E-state index is 0.529. The minimum Gasteiger partial charge on any atom is -0.308 e. The smallest absolute Gasteiger partial charge is 0.164 e. The molecule has 0 saturated heterocycles. The van der Waals surface area contributed by atoms with Crippen LogP contribution >= 0.6 is 23.5 Å². The summed E-state index contributed by atoms with van der Waals surface area (Å²) in [6.45, 7) is 0. The van der Waals surface area contributed by atoms with Crippen LogP contribution in [0.3, 0.4) is 0 Å². The van der Waals surface area contributed by atoms with E-state index in [1.165, 1.54) is 19.6 Å². The molecule has 0 atom stereocenters. The number of benzene rings is 10. The molecule has 0 spiro atoms. The summed E-state index contributed by atoms with van der Waals surface area (Å²) >= 11 is 3.61. The van der Waals surface area contributed by atoms with Gasteiger partial charge in [0.15, 0.2) is 23.3 Å². The molecular weight excluding hydrogens is 967 g/mol. The van der Waals surface area contributed by atoms with E-state index in [2.05, 4.69) is 174 Å². The van der Waals surface area contributed by atoms with Gasteiger partial charge in [0.05, 0.1) is 34.1 Å². The zero-order valence-electron chi connectivity index (χ0n) is 40.8. The van der Waals surface area contributed by atoms with Gasteiger partial charge in [-0.15, -0.1) is 0 Å². The summed E-state index contributed by atoms with van der Waals surface area (Å²) in [5, 5.41) is 0. The number of aromatic nitrogens is 5. The second-order valence-electron chi connectivity index (χ2n) is 18.5. The number of para-hydroxylation sites is 4. The summed E-state index contributed by atoms with van der Waals surface area (Å²) < 4.78 is 0. The van der Waals surface area contributed by atoms with Gasteiger partial charge < -0.3 is 9.80 Å². The van der Waals surface area contributed by atoms with E-state index in [0.29, 0.717) is 23.3 Å². The van der Waals surface area contributed by atoms with Crippen LogP contribution in [0.1, 0.15) is 0 Å². The molecule has 358 valence electrons. The topological polar surface area (TPSA) is 70.9 Å². The largest absolute Gasteiger partial charge is 0.308 e. The summed E-state index contributed by atoms with van der Waals surface area (Å²) in [5.41, 5.74) is 15.4. The molecule has 7 nitrogen and oxygen atoms in total. The fourth-order valence-electron chi connectivity index (χ4n) is 10.1. The summed E-state index contributed by atoms with van der Waals surface area (Å²) in [5.74, 6) is 2.26. The molecule has 0 amide bonds. The second-order valence-corrected chi connectivity index (χ2v) is 20.7. The van der Waals surface area contributed by atoms with E-state index >= 15 is 0 Å². The molecule has 10 aromatic carbocycles. The average Bonchev–Trinajstić information content (AvgIpc) is 3.50. The fraction of sp³-hybridized carbons (Fsp3) is 0. The van der Waals surface area contributed by atoms with Gasteiger partial charge in [-0.25, -0.2) is 24.9 Å². The molecule has 0 bridgehead atoms. The molecule has 0 fully saturated rings. The predicted molar refractivity (Wildman–Crippen MR) is 311 cm³/mol. The van der Waals surface area contributed by atoms with Crippen molar-refractivity contribution >= 4 is 57.6 Å². The highest BCUT2D eigenvalue weighted by atomic mass is 32.2. The van der Waals surface area contributed by atoms with Gasteiger partial charge >= 0.3 is 0 Å². The van der Waals surface area contributed by atoms with Crippen LogP contribution in [0.5, 0.6) is 0 Å². The van der Waals surface area contributed by atoms with Gasteiger partial charge in [-0.1, -0.05) is 193 Å². The highest BCUT2D eigenvalue weighted by Gasteiger charge is 2.29. The zero-order chi connectivity index (χ0) is 50.4. The van der Waals surface area contributed by atoms with Crippen molar-refractivity contribution in [2.24, 2.45) is 0 Å². The molecule has 14 rings (SSSR count). The average molecular weight is 1010 g/mol. The third-order valence-electron chi connectivity index (χ3n) is 13.6. The second kappa shape index (κ2) is 19.5. The Kier molecular flexibility index (Phi) is 11.6. The standard InChI is InChI=1S/C67H43N7S2/c1-5-21-44(22-6-1)54-43-55(45-23-7-2-8-24-45)69-66(68-54)50-37-48(38-51(39-50)67-71-64(46-25-9-3-10-26-46)70-65(72-67)47-27-11-4-12-28-47)49-40-52(73-56-29-13-17-33-60(56)75-61-34-18-14-30-57(61)73)42-53(41-49)74-58-31-15-19-35-62(58)76-63-36-20-16-32-59(63)74/h1-43H. The number of anilines is 6. The predicted octanol–water partition coefficient (Wildman–Crippen LogP) is 18.2. The van der Waals surface area contributed by atoms with Gasteiger partial charge in [-0.2, -0.15) is 0 Å². The molecule has 0 unspecified atom stereocenters. The van der Waals surface area contributed by atoms with Gasteiger partial charge in [0.25, 0.3) is 0 Å². The van der Waals surface area contributed by atoms with Crippen LogP contribution in [0.25, 0.3) is 79.2 Å². The number of hydrogen-bond acceptors (Lipinski definition) is 9. The Morgan fingerprint density at radius 2 is 0.513 bits per heavy atom. The monoisotopic (exact) mass is 1010 g/mol. The van der Waals surface area contributed by atoms with Crippen molar-refractivity contribution in [3.8, 4) is 79.2 Å². The molecule has 2 aromatic heterocycles. The summed E-state index contributed by atoms with van der Waals surface area (Å²) in [6.07, 6.45) is 0. The van der Waals surface area contributed by atoms with E-state index in [9.17, 15) is 0 Å². The summed E-state index contributed by atoms with van der Waals surface area (Å²) in [7, 11) is 0. The Morgan fingerprint density at radius 1 is 0.224 bits per heavy atom. The molecule has 4 heterocycles. The van der Waals surface area contributed by atoms with Gasteiger partial charge in [-0.05, 0) is 102 Å². The molecule has 76 heavy (non-hydrogen) atoms. The van der Waals surface area contributed by atoms with Crippen molar-refractivity contribution in [2.75, 3.05) is 9.80 Å². The van der Waals surface area contributed by atoms with Crippen LogP contribution in [0.15, 0.2) is 280 Å². The van der Waals surface area contributed by atoms with E-state index in [0.717, 1.165) is 90.0 Å². The highest BCUT2D eigenvalue weighted by Crippen LogP contribution is 2.55. The van der Waals surface area contributed by atoms with Crippen LogP contribution in [-0.2, 0) is 0 Å². The molecule has 0 aliphatic carbocycles. The first-order valence-electron chi connectivity index (χ1n) is 25.1. The van der Waals surface area contributed by atoms with Crippen LogP contribution in [0.4, 0.5) is 34.1 Å². The molecular formula is C67H43N7S2. The number of rotatable bonds is 9. The maximum Gasteiger partial charge on any atom is 0.164 e. The van der Waals surface area contributed by atoms with Crippen LogP contribution in [-0.4, -0.2) is 24.9 Å². The molecule has 2 aliphatic heterocycles. The third-order valence-corrected chi connectivity index (χ3v) is 15.9. The van der Waals surface area contributed by atoms with Crippen molar-refractivity contribution in [3.63, 3.8) is 0 Å². The van der Waals surface area contributed by atoms with Gasteiger partial charge in [0.1, 0.15) is 0 Å². The Morgan fingerprint density at radius 3 is 0.895 bits per heavy atom. The number of hydrogen-bond donors (Lipinski definition) is 0. The van der Waals surface area contributed by atoms with Crippen molar-refractivity contribution in [1.82, 2.24) is 24.9 Å². The van der Waals surface area contributed by atoms with Crippen LogP contribution in [0, 0.1) is 0 Å². The van der Waals surface area contributed by atoms with Crippen LogP contribution < -0.4 is 9.80 Å². The van der Waals surface area contributed by atoms with Gasteiger partial charge in [-0.3, -0.25) is 0 Å².